The lowest BCUT2D eigenvalue weighted by atomic mass is 10.0. The predicted octanol–water partition coefficient (Wildman–Crippen LogP) is 18.1. The van der Waals surface area contributed by atoms with Crippen molar-refractivity contribution >= 4 is 17.9 Å². The first-order valence-corrected chi connectivity index (χ1v) is 32.0. The second-order valence-corrected chi connectivity index (χ2v) is 22.3. The van der Waals surface area contributed by atoms with Gasteiger partial charge in [0.1, 0.15) is 13.2 Å². The van der Waals surface area contributed by atoms with Crippen molar-refractivity contribution in [2.45, 2.75) is 270 Å². The van der Waals surface area contributed by atoms with Gasteiger partial charge in [-0.05, 0) is 83.5 Å². The summed E-state index contributed by atoms with van der Waals surface area (Å²) in [5, 5.41) is 11.8. The molecule has 0 aromatic heterocycles. The van der Waals surface area contributed by atoms with E-state index in [9.17, 15) is 19.5 Å². The van der Waals surface area contributed by atoms with E-state index in [0.29, 0.717) is 23.9 Å². The summed E-state index contributed by atoms with van der Waals surface area (Å²) in [7, 11) is 5.92. The second kappa shape index (κ2) is 60.1. The van der Waals surface area contributed by atoms with Gasteiger partial charge < -0.3 is 33.3 Å². The van der Waals surface area contributed by atoms with Gasteiger partial charge in [0, 0.05) is 12.8 Å². The fraction of sp³-hybridized carbons (Fsp3) is 0.700. The topological polar surface area (TPSA) is 111 Å². The number of unbranched alkanes of at least 4 members (excludes halogenated alkanes) is 25. The first-order valence-electron chi connectivity index (χ1n) is 32.0. The normalized spacial score (nSPS) is 13.5. The van der Waals surface area contributed by atoms with Gasteiger partial charge in [-0.2, -0.15) is 0 Å². The zero-order chi connectivity index (χ0) is 57.6. The molecule has 2 unspecified atom stereocenters. The number of likely N-dealkylation sites (N-methyl/N-ethyl adjacent to an activating group) is 1. The van der Waals surface area contributed by atoms with Crippen LogP contribution >= 0.6 is 0 Å². The largest absolute Gasteiger partial charge is 0.545 e. The van der Waals surface area contributed by atoms with Crippen LogP contribution in [0, 0.1) is 0 Å². The first kappa shape index (κ1) is 75.0. The second-order valence-electron chi connectivity index (χ2n) is 22.3. The van der Waals surface area contributed by atoms with Crippen molar-refractivity contribution in [1.29, 1.82) is 0 Å². The zero-order valence-electron chi connectivity index (χ0n) is 51.5. The van der Waals surface area contributed by atoms with Gasteiger partial charge in [0.05, 0.1) is 40.3 Å². The maximum Gasteiger partial charge on any atom is 0.306 e. The third-order valence-electron chi connectivity index (χ3n) is 13.5. The van der Waals surface area contributed by atoms with E-state index in [1.807, 2.05) is 21.1 Å². The fourth-order valence-electron chi connectivity index (χ4n) is 8.65. The molecule has 0 aromatic rings. The summed E-state index contributed by atoms with van der Waals surface area (Å²) in [6.45, 7) is 4.64. The third-order valence-corrected chi connectivity index (χ3v) is 13.5. The molecule has 0 spiro atoms. The van der Waals surface area contributed by atoms with Gasteiger partial charge in [-0.1, -0.05) is 271 Å². The van der Waals surface area contributed by atoms with E-state index >= 15 is 0 Å². The minimum absolute atomic E-state index is 0.144. The number of carboxylic acid groups (broad SMARTS) is 1. The number of esters is 2. The van der Waals surface area contributed by atoms with Crippen LogP contribution in [0.4, 0.5) is 0 Å². The van der Waals surface area contributed by atoms with Crippen LogP contribution in [-0.2, 0) is 33.3 Å². The van der Waals surface area contributed by atoms with Crippen LogP contribution in [0.5, 0.6) is 0 Å². The quantitative estimate of drug-likeness (QED) is 0.0195. The Morgan fingerprint density at radius 3 is 1.08 bits per heavy atom. The fourth-order valence-corrected chi connectivity index (χ4v) is 8.65. The number of allylic oxidation sites excluding steroid dienone is 18. The van der Waals surface area contributed by atoms with Crippen molar-refractivity contribution < 1.29 is 42.9 Å². The van der Waals surface area contributed by atoms with Crippen LogP contribution < -0.4 is 5.11 Å². The van der Waals surface area contributed by atoms with Gasteiger partial charge in [-0.15, -0.1) is 0 Å². The van der Waals surface area contributed by atoms with Crippen molar-refractivity contribution in [1.82, 2.24) is 0 Å². The number of carbonyl (C=O) groups excluding carboxylic acids is 3. The van der Waals surface area contributed by atoms with Crippen molar-refractivity contribution in [3.63, 3.8) is 0 Å². The van der Waals surface area contributed by atoms with Gasteiger partial charge in [0.15, 0.2) is 12.4 Å². The zero-order valence-corrected chi connectivity index (χ0v) is 51.5. The number of quaternary nitrogens is 1. The molecule has 9 heteroatoms. The molecule has 9 nitrogen and oxygen atoms in total. The lowest BCUT2D eigenvalue weighted by Gasteiger charge is -2.26. The number of hydrogen-bond donors (Lipinski definition) is 0. The van der Waals surface area contributed by atoms with Crippen LogP contribution in [-0.4, -0.2) is 82.3 Å². The molecular weight excluding hydrogens is 983 g/mol. The molecule has 452 valence electrons. The van der Waals surface area contributed by atoms with Gasteiger partial charge in [0.25, 0.3) is 0 Å². The molecule has 79 heavy (non-hydrogen) atoms. The smallest absolute Gasteiger partial charge is 0.306 e. The SMILES string of the molecule is CC/C=C\C/C=C\C/C=C\C/C=C\C/C=C\C/C=C\C/C=C\C/C=C\C/C=C\CCCCCCCCCCCCCC(=O)OC(COC(=O)CCCCCCCCCCCCCCCCC)COC(OCC[N+](C)(C)C)C(=O)[O-]. The summed E-state index contributed by atoms with van der Waals surface area (Å²) in [5.41, 5.74) is 0. The number of carboxylic acids is 1. The molecular formula is C70H119NO8. The Balaban J connectivity index is 4.12. The van der Waals surface area contributed by atoms with Gasteiger partial charge in [-0.3, -0.25) is 9.59 Å². The number of hydrogen-bond acceptors (Lipinski definition) is 8. The van der Waals surface area contributed by atoms with E-state index in [1.54, 1.807) is 0 Å². The maximum atomic E-state index is 12.9. The maximum absolute atomic E-state index is 12.9. The summed E-state index contributed by atoms with van der Waals surface area (Å²) in [4.78, 5) is 37.3. The standard InChI is InChI=1S/C70H119NO8/c1-6-8-10-12-14-16-18-20-22-23-24-25-26-27-28-29-30-31-32-33-34-35-36-37-38-39-40-41-42-43-44-45-47-49-51-53-55-57-59-61-68(73)79-66(65-78-70(69(74)75)76-63-62-71(3,4)5)64-77-67(72)60-58-56-54-52-50-48-46-21-19-17-15-13-11-9-7-2/h8,10,14,16,20,22,24-25,27-28,30-31,33-34,36-37,39-40,66,70H,6-7,9,11-13,15,17-19,21,23,26,29,32,35,38,41-65H2,1-5H3/b10-8-,16-14-,22-20-,25-24-,28-27-,31-30-,34-33-,37-36-,40-39-. The number of aliphatic carboxylic acids is 1. The van der Waals surface area contributed by atoms with E-state index in [2.05, 4.69) is 123 Å². The monoisotopic (exact) mass is 1100 g/mol. The van der Waals surface area contributed by atoms with Gasteiger partial charge in [-0.25, -0.2) is 0 Å². The Morgan fingerprint density at radius 1 is 0.392 bits per heavy atom. The molecule has 0 aliphatic carbocycles. The van der Waals surface area contributed by atoms with E-state index in [1.165, 1.54) is 122 Å². The number of ether oxygens (including phenoxy) is 4. The van der Waals surface area contributed by atoms with E-state index in [4.69, 9.17) is 18.9 Å². The van der Waals surface area contributed by atoms with E-state index in [0.717, 1.165) is 103 Å². The summed E-state index contributed by atoms with van der Waals surface area (Å²) in [6, 6.07) is 0. The molecule has 0 bridgehead atoms. The number of nitrogens with zero attached hydrogens (tertiary/aromatic N) is 1. The predicted molar refractivity (Wildman–Crippen MR) is 333 cm³/mol. The third kappa shape index (κ3) is 61.4. The Bertz CT molecular complexity index is 1660. The summed E-state index contributed by atoms with van der Waals surface area (Å²) < 4.78 is 22.7. The number of rotatable bonds is 58. The van der Waals surface area contributed by atoms with Crippen LogP contribution in [0.25, 0.3) is 0 Å². The summed E-state index contributed by atoms with van der Waals surface area (Å²) >= 11 is 0. The molecule has 0 aliphatic rings. The molecule has 0 rings (SSSR count). The molecule has 0 saturated heterocycles. The minimum Gasteiger partial charge on any atom is -0.545 e. The minimum atomic E-state index is -1.62. The van der Waals surface area contributed by atoms with Crippen molar-refractivity contribution in [2.75, 3.05) is 47.5 Å². The lowest BCUT2D eigenvalue weighted by molar-refractivity contribution is -0.870. The Kier molecular flexibility index (Phi) is 57.0. The molecule has 0 N–H and O–H groups in total. The van der Waals surface area contributed by atoms with E-state index in [-0.39, 0.29) is 32.2 Å². The van der Waals surface area contributed by atoms with Gasteiger partial charge >= 0.3 is 11.9 Å². The molecule has 2 atom stereocenters. The van der Waals surface area contributed by atoms with Crippen LogP contribution in [0.1, 0.15) is 258 Å². The summed E-state index contributed by atoms with van der Waals surface area (Å²) in [6.07, 6.45) is 80.1. The molecule has 0 saturated carbocycles. The Hall–Kier alpha value is -4.05. The molecule has 0 fully saturated rings. The van der Waals surface area contributed by atoms with Crippen molar-refractivity contribution in [3.8, 4) is 0 Å². The summed E-state index contributed by atoms with van der Waals surface area (Å²) in [5.74, 6) is -2.28. The van der Waals surface area contributed by atoms with Crippen LogP contribution in [0.15, 0.2) is 109 Å². The van der Waals surface area contributed by atoms with E-state index < -0.39 is 24.3 Å². The van der Waals surface area contributed by atoms with Crippen molar-refractivity contribution in [2.24, 2.45) is 0 Å². The highest BCUT2D eigenvalue weighted by Crippen LogP contribution is 2.16. The van der Waals surface area contributed by atoms with Crippen LogP contribution in [0.2, 0.25) is 0 Å². The highest BCUT2D eigenvalue weighted by Gasteiger charge is 2.22. The average Bonchev–Trinajstić information content (AvgIpc) is 3.42. The first-order chi connectivity index (χ1) is 38.6. The molecule has 0 aromatic carbocycles. The highest BCUT2D eigenvalue weighted by atomic mass is 16.7. The Morgan fingerprint density at radius 2 is 0.722 bits per heavy atom. The number of carbonyl (C=O) groups is 3. The van der Waals surface area contributed by atoms with Gasteiger partial charge in [0.2, 0.25) is 0 Å². The molecule has 0 amide bonds. The average molecular weight is 1100 g/mol. The Labute approximate surface area is 485 Å². The van der Waals surface area contributed by atoms with Crippen LogP contribution in [0.3, 0.4) is 0 Å². The molecule has 0 radical (unpaired) electrons. The molecule has 0 aliphatic heterocycles. The van der Waals surface area contributed by atoms with Crippen molar-refractivity contribution in [3.05, 3.63) is 109 Å². The highest BCUT2D eigenvalue weighted by molar-refractivity contribution is 5.70. The lowest BCUT2D eigenvalue weighted by Crippen LogP contribution is -2.44. The molecule has 0 heterocycles.